The van der Waals surface area contributed by atoms with E-state index >= 15 is 0 Å². The molecular formula is C17H18ClN3OS2. The lowest BCUT2D eigenvalue weighted by atomic mass is 10.1. The fraction of sp³-hybridized carbons (Fsp3) is 0.176. The molecule has 1 amide bonds. The molecule has 2 rings (SSSR count). The third kappa shape index (κ3) is 6.03. The Labute approximate surface area is 156 Å². The van der Waals surface area contributed by atoms with Crippen molar-refractivity contribution in [2.24, 2.45) is 0 Å². The fourth-order valence-corrected chi connectivity index (χ4v) is 3.00. The molecule has 4 nitrogen and oxygen atoms in total. The average molecular weight is 380 g/mol. The van der Waals surface area contributed by atoms with Crippen molar-refractivity contribution in [3.8, 4) is 0 Å². The summed E-state index contributed by atoms with van der Waals surface area (Å²) >= 11 is 12.5. The lowest BCUT2D eigenvalue weighted by molar-refractivity contribution is -0.119. The molecular weight excluding hydrogens is 362 g/mol. The van der Waals surface area contributed by atoms with Gasteiger partial charge in [-0.05, 0) is 67.5 Å². The number of hydrogen-bond acceptors (Lipinski definition) is 3. The summed E-state index contributed by atoms with van der Waals surface area (Å²) in [6.07, 6.45) is 0. The van der Waals surface area contributed by atoms with Crippen LogP contribution in [0.1, 0.15) is 11.1 Å². The lowest BCUT2D eigenvalue weighted by Crippen LogP contribution is -2.44. The summed E-state index contributed by atoms with van der Waals surface area (Å²) in [4.78, 5) is 12.9. The molecule has 0 saturated heterocycles. The van der Waals surface area contributed by atoms with Gasteiger partial charge in [0.05, 0.1) is 5.75 Å². The summed E-state index contributed by atoms with van der Waals surface area (Å²) in [6.45, 7) is 4.12. The Bertz CT molecular complexity index is 752. The molecule has 0 saturated carbocycles. The Morgan fingerprint density at radius 2 is 1.92 bits per heavy atom. The van der Waals surface area contributed by atoms with Gasteiger partial charge in [0.2, 0.25) is 5.91 Å². The summed E-state index contributed by atoms with van der Waals surface area (Å²) in [6, 6.07) is 13.3. The van der Waals surface area contributed by atoms with Crippen LogP contribution in [0.3, 0.4) is 0 Å². The molecule has 0 spiro atoms. The van der Waals surface area contributed by atoms with Crippen molar-refractivity contribution in [2.45, 2.75) is 18.7 Å². The van der Waals surface area contributed by atoms with E-state index in [0.717, 1.165) is 10.6 Å². The topological polar surface area (TPSA) is 53.2 Å². The van der Waals surface area contributed by atoms with Crippen molar-refractivity contribution in [3.63, 3.8) is 0 Å². The van der Waals surface area contributed by atoms with E-state index in [1.54, 1.807) is 12.1 Å². The number of rotatable bonds is 4. The van der Waals surface area contributed by atoms with Crippen LogP contribution in [0.25, 0.3) is 0 Å². The van der Waals surface area contributed by atoms with E-state index in [1.807, 2.05) is 18.2 Å². The zero-order valence-corrected chi connectivity index (χ0v) is 15.7. The van der Waals surface area contributed by atoms with Crippen LogP contribution in [-0.2, 0) is 4.79 Å². The fourth-order valence-electron chi connectivity index (χ4n) is 1.84. The SMILES string of the molecule is Cc1ccc(SCC(=O)NNC(=S)Nc2cccc(Cl)c2)cc1C. The van der Waals surface area contributed by atoms with Crippen molar-refractivity contribution in [2.75, 3.05) is 11.1 Å². The van der Waals surface area contributed by atoms with Crippen LogP contribution in [0.2, 0.25) is 5.02 Å². The molecule has 126 valence electrons. The maximum absolute atomic E-state index is 11.9. The molecule has 0 aliphatic heterocycles. The van der Waals surface area contributed by atoms with Gasteiger partial charge < -0.3 is 5.32 Å². The minimum absolute atomic E-state index is 0.159. The van der Waals surface area contributed by atoms with Gasteiger partial charge in [0, 0.05) is 15.6 Å². The van der Waals surface area contributed by atoms with Crippen molar-refractivity contribution < 1.29 is 4.79 Å². The second kappa shape index (κ2) is 8.92. The Morgan fingerprint density at radius 1 is 1.12 bits per heavy atom. The van der Waals surface area contributed by atoms with Crippen molar-refractivity contribution in [1.29, 1.82) is 0 Å². The molecule has 0 aliphatic carbocycles. The molecule has 3 N–H and O–H groups in total. The van der Waals surface area contributed by atoms with Crippen molar-refractivity contribution >= 4 is 52.3 Å². The number of aryl methyl sites for hydroxylation is 2. The van der Waals surface area contributed by atoms with Crippen molar-refractivity contribution in [1.82, 2.24) is 10.9 Å². The van der Waals surface area contributed by atoms with Gasteiger partial charge in [-0.3, -0.25) is 15.6 Å². The van der Waals surface area contributed by atoms with Crippen LogP contribution in [0.4, 0.5) is 5.69 Å². The Hall–Kier alpha value is -1.76. The molecule has 0 heterocycles. The monoisotopic (exact) mass is 379 g/mol. The van der Waals surface area contributed by atoms with Gasteiger partial charge >= 0.3 is 0 Å². The number of hydrazine groups is 1. The summed E-state index contributed by atoms with van der Waals surface area (Å²) < 4.78 is 0. The van der Waals surface area contributed by atoms with Crippen LogP contribution >= 0.6 is 35.6 Å². The number of nitrogens with one attached hydrogen (secondary N) is 3. The van der Waals surface area contributed by atoms with Gasteiger partial charge in [0.25, 0.3) is 0 Å². The number of thioether (sulfide) groups is 1. The number of hydrogen-bond donors (Lipinski definition) is 3. The standard InChI is InChI=1S/C17H18ClN3OS2/c1-11-6-7-15(8-12(11)2)24-10-16(22)20-21-17(23)19-14-5-3-4-13(18)9-14/h3-9H,10H2,1-2H3,(H,20,22)(H2,19,21,23). The van der Waals surface area contributed by atoms with E-state index in [1.165, 1.54) is 22.9 Å². The van der Waals surface area contributed by atoms with Crippen LogP contribution in [0, 0.1) is 13.8 Å². The van der Waals surface area contributed by atoms with Crippen LogP contribution in [-0.4, -0.2) is 16.8 Å². The number of halogens is 1. The number of amides is 1. The Morgan fingerprint density at radius 3 is 2.62 bits per heavy atom. The molecule has 0 radical (unpaired) electrons. The lowest BCUT2D eigenvalue weighted by Gasteiger charge is -2.12. The first-order chi connectivity index (χ1) is 11.4. The van der Waals surface area contributed by atoms with Gasteiger partial charge in [0.15, 0.2) is 5.11 Å². The molecule has 0 atom stereocenters. The van der Waals surface area contributed by atoms with Gasteiger partial charge in [-0.15, -0.1) is 11.8 Å². The minimum atomic E-state index is -0.159. The molecule has 0 unspecified atom stereocenters. The first-order valence-corrected chi connectivity index (χ1v) is 9.02. The minimum Gasteiger partial charge on any atom is -0.331 e. The quantitative estimate of drug-likeness (QED) is 0.425. The maximum atomic E-state index is 11.9. The zero-order valence-electron chi connectivity index (χ0n) is 13.4. The van der Waals surface area contributed by atoms with Gasteiger partial charge in [-0.2, -0.15) is 0 Å². The van der Waals surface area contributed by atoms with E-state index in [2.05, 4.69) is 42.1 Å². The third-order valence-electron chi connectivity index (χ3n) is 3.25. The highest BCUT2D eigenvalue weighted by Gasteiger charge is 2.05. The van der Waals surface area contributed by atoms with Gasteiger partial charge in [0.1, 0.15) is 0 Å². The molecule has 24 heavy (non-hydrogen) atoms. The van der Waals surface area contributed by atoms with E-state index in [4.69, 9.17) is 23.8 Å². The van der Waals surface area contributed by atoms with E-state index < -0.39 is 0 Å². The van der Waals surface area contributed by atoms with Crippen molar-refractivity contribution in [3.05, 3.63) is 58.6 Å². The number of benzene rings is 2. The van der Waals surface area contributed by atoms with Crippen LogP contribution in [0.15, 0.2) is 47.4 Å². The highest BCUT2D eigenvalue weighted by molar-refractivity contribution is 8.00. The Balaban J connectivity index is 1.74. The second-order valence-corrected chi connectivity index (χ2v) is 7.07. The average Bonchev–Trinajstić information content (AvgIpc) is 2.54. The molecule has 0 fully saturated rings. The van der Waals surface area contributed by atoms with E-state index in [-0.39, 0.29) is 5.91 Å². The van der Waals surface area contributed by atoms with Crippen LogP contribution < -0.4 is 16.2 Å². The number of carbonyl (C=O) groups is 1. The molecule has 0 bridgehead atoms. The molecule has 0 aliphatic rings. The van der Waals surface area contributed by atoms with Gasteiger partial charge in [-0.1, -0.05) is 23.7 Å². The molecule has 2 aromatic carbocycles. The normalized spacial score (nSPS) is 10.1. The van der Waals surface area contributed by atoms with Gasteiger partial charge in [-0.25, -0.2) is 0 Å². The highest BCUT2D eigenvalue weighted by Crippen LogP contribution is 2.20. The summed E-state index contributed by atoms with van der Waals surface area (Å²) in [7, 11) is 0. The smallest absolute Gasteiger partial charge is 0.248 e. The Kier molecular flexibility index (Phi) is 6.90. The summed E-state index contributed by atoms with van der Waals surface area (Å²) in [5.41, 5.74) is 8.44. The van der Waals surface area contributed by atoms with E-state index in [9.17, 15) is 4.79 Å². The summed E-state index contributed by atoms with van der Waals surface area (Å²) in [5.74, 6) is 0.142. The first-order valence-electron chi connectivity index (χ1n) is 7.25. The predicted molar refractivity (Wildman–Crippen MR) is 106 cm³/mol. The number of thiocarbonyl (C=S) groups is 1. The predicted octanol–water partition coefficient (Wildman–Crippen LogP) is 4.07. The maximum Gasteiger partial charge on any atom is 0.248 e. The largest absolute Gasteiger partial charge is 0.331 e. The van der Waals surface area contributed by atoms with Crippen LogP contribution in [0.5, 0.6) is 0 Å². The highest BCUT2D eigenvalue weighted by atomic mass is 35.5. The van der Waals surface area contributed by atoms with E-state index in [0.29, 0.717) is 15.9 Å². The third-order valence-corrected chi connectivity index (χ3v) is 4.68. The molecule has 0 aromatic heterocycles. The number of carbonyl (C=O) groups excluding carboxylic acids is 1. The zero-order chi connectivity index (χ0) is 17.5. The molecule has 7 heteroatoms. The summed E-state index contributed by atoms with van der Waals surface area (Å²) in [5, 5.41) is 3.84. The number of anilines is 1. The second-order valence-electron chi connectivity index (χ2n) is 5.17. The first kappa shape index (κ1) is 18.6. The molecule has 2 aromatic rings.